The van der Waals surface area contributed by atoms with Gasteiger partial charge in [-0.25, -0.2) is 9.18 Å². The molecule has 2 N–H and O–H groups in total. The molecule has 0 aromatic rings. The smallest absolute Gasteiger partial charge is 0.407 e. The normalized spacial score (nSPS) is 42.7. The molecule has 0 spiro atoms. The van der Waals surface area contributed by atoms with Crippen molar-refractivity contribution in [1.82, 2.24) is 25.3 Å². The van der Waals surface area contributed by atoms with Gasteiger partial charge in [-0.1, -0.05) is 12.8 Å². The highest BCUT2D eigenvalue weighted by Gasteiger charge is 2.61. The second kappa shape index (κ2) is 13.6. The quantitative estimate of drug-likeness (QED) is 0.402. The van der Waals surface area contributed by atoms with Crippen LogP contribution in [0.3, 0.4) is 0 Å². The van der Waals surface area contributed by atoms with Gasteiger partial charge in [-0.3, -0.25) is 14.5 Å². The molecule has 0 aromatic carbocycles. The van der Waals surface area contributed by atoms with E-state index in [1.54, 1.807) is 4.90 Å². The first-order valence-corrected chi connectivity index (χ1v) is 19.7. The average Bonchev–Trinajstić information content (AvgIpc) is 3.79. The van der Waals surface area contributed by atoms with E-state index in [1.807, 2.05) is 27.0 Å². The van der Waals surface area contributed by atoms with Crippen LogP contribution in [-0.2, 0) is 23.8 Å². The van der Waals surface area contributed by atoms with E-state index in [9.17, 15) is 14.4 Å². The topological polar surface area (TPSA) is 113 Å². The van der Waals surface area contributed by atoms with E-state index in [0.717, 1.165) is 32.4 Å². The molecule has 3 aliphatic carbocycles. The molecule has 3 saturated carbocycles. The third-order valence-electron chi connectivity index (χ3n) is 13.3. The van der Waals surface area contributed by atoms with Crippen molar-refractivity contribution in [2.75, 3.05) is 32.7 Å². The number of likely N-dealkylation sites (tertiary alicyclic amines) is 2. The molecule has 2 amide bonds. The number of amides is 2. The summed E-state index contributed by atoms with van der Waals surface area (Å²) < 4.78 is 35.6. The van der Waals surface area contributed by atoms with Crippen LogP contribution in [0.25, 0.3) is 0 Å². The Labute approximate surface area is 296 Å². The van der Waals surface area contributed by atoms with E-state index in [1.165, 1.54) is 32.1 Å². The summed E-state index contributed by atoms with van der Waals surface area (Å²) >= 11 is 0. The van der Waals surface area contributed by atoms with Crippen molar-refractivity contribution >= 4 is 17.8 Å². The average molecular weight is 700 g/mol. The highest BCUT2D eigenvalue weighted by atomic mass is 19.1. The monoisotopic (exact) mass is 699 g/mol. The SMILES string of the molecule is CC1CCCN1CCNC1C(F)CC2C(=O)C(C(=O)N3CCC(NC(=O)OC(C)(C)C)C3)=CN3C4CC5OC6CCCCC6C5CC4OC1C23. The molecule has 11 nitrogen and oxygen atoms in total. The minimum Gasteiger partial charge on any atom is -0.444 e. The van der Waals surface area contributed by atoms with Gasteiger partial charge in [0.1, 0.15) is 11.8 Å². The van der Waals surface area contributed by atoms with Crippen molar-refractivity contribution in [2.45, 2.75) is 158 Å². The van der Waals surface area contributed by atoms with Gasteiger partial charge in [0.05, 0.1) is 54.2 Å². The lowest BCUT2D eigenvalue weighted by Crippen LogP contribution is -2.73. The molecule has 4 saturated heterocycles. The largest absolute Gasteiger partial charge is 0.444 e. The first kappa shape index (κ1) is 34.8. The molecule has 7 fully saturated rings. The predicted octanol–water partition coefficient (Wildman–Crippen LogP) is 3.55. The summed E-state index contributed by atoms with van der Waals surface area (Å²) in [5.74, 6) is -0.310. The van der Waals surface area contributed by atoms with Crippen LogP contribution in [0.1, 0.15) is 91.9 Å². The van der Waals surface area contributed by atoms with Crippen molar-refractivity contribution < 1.29 is 33.0 Å². The van der Waals surface area contributed by atoms with E-state index in [0.29, 0.717) is 50.0 Å². The van der Waals surface area contributed by atoms with E-state index in [4.69, 9.17) is 14.2 Å². The molecule has 8 rings (SSSR count). The number of nitrogens with one attached hydrogen (secondary N) is 2. The Morgan fingerprint density at radius 3 is 2.58 bits per heavy atom. The predicted molar refractivity (Wildman–Crippen MR) is 184 cm³/mol. The Hall–Kier alpha value is -2.28. The third kappa shape index (κ3) is 6.49. The number of Topliss-reactive ketones (excluding diaryl/α,β-unsaturated/α-hetero) is 1. The number of carbonyl (C=O) groups excluding carboxylic acids is 3. The third-order valence-corrected chi connectivity index (χ3v) is 13.3. The van der Waals surface area contributed by atoms with E-state index in [2.05, 4.69) is 27.4 Å². The summed E-state index contributed by atoms with van der Waals surface area (Å²) in [7, 11) is 0. The van der Waals surface area contributed by atoms with Crippen LogP contribution in [0.5, 0.6) is 0 Å². The molecule has 5 heterocycles. The lowest BCUT2D eigenvalue weighted by atomic mass is 9.67. The second-order valence-electron chi connectivity index (χ2n) is 17.6. The van der Waals surface area contributed by atoms with Gasteiger partial charge in [-0.2, -0.15) is 0 Å². The minimum atomic E-state index is -1.27. The Balaban J connectivity index is 1.04. The zero-order valence-electron chi connectivity index (χ0n) is 30.4. The number of morpholine rings is 1. The van der Waals surface area contributed by atoms with Crippen molar-refractivity contribution in [2.24, 2.45) is 17.8 Å². The van der Waals surface area contributed by atoms with Gasteiger partial charge < -0.3 is 34.6 Å². The number of ketones is 1. The standard InChI is InChI=1S/C38H58FN5O6/c1-21-8-7-13-42(21)15-12-40-32-27(39)16-25-33-35(32)49-31-17-24-23-9-5-6-10-29(23)48-30(24)18-28(31)44(33)20-26(34(25)45)36(46)43-14-11-22(19-43)41-37(47)50-38(2,3)4/h20-25,27-33,35,40H,5-19H2,1-4H3,(H,41,47). The Kier molecular flexibility index (Phi) is 9.47. The van der Waals surface area contributed by atoms with Gasteiger partial charge >= 0.3 is 6.09 Å². The number of hydrogen-bond acceptors (Lipinski definition) is 9. The summed E-state index contributed by atoms with van der Waals surface area (Å²) in [6, 6.07) is -0.625. The van der Waals surface area contributed by atoms with Crippen molar-refractivity contribution in [3.05, 3.63) is 11.8 Å². The van der Waals surface area contributed by atoms with Crippen LogP contribution in [0, 0.1) is 17.8 Å². The van der Waals surface area contributed by atoms with Crippen LogP contribution in [0.15, 0.2) is 11.8 Å². The molecule has 278 valence electrons. The van der Waals surface area contributed by atoms with Crippen LogP contribution >= 0.6 is 0 Å². The Bertz CT molecular complexity index is 1360. The minimum absolute atomic E-state index is 0.0431. The zero-order valence-corrected chi connectivity index (χ0v) is 30.4. The maximum Gasteiger partial charge on any atom is 0.407 e. The van der Waals surface area contributed by atoms with Gasteiger partial charge in [-0.15, -0.1) is 0 Å². The molecular formula is C38H58FN5O6. The Morgan fingerprint density at radius 1 is 0.980 bits per heavy atom. The van der Waals surface area contributed by atoms with Crippen LogP contribution in [0.4, 0.5) is 9.18 Å². The van der Waals surface area contributed by atoms with Gasteiger partial charge in [0.25, 0.3) is 5.91 Å². The molecular weight excluding hydrogens is 641 g/mol. The van der Waals surface area contributed by atoms with Gasteiger partial charge in [0.2, 0.25) is 0 Å². The summed E-state index contributed by atoms with van der Waals surface area (Å²) in [4.78, 5) is 47.3. The van der Waals surface area contributed by atoms with Crippen LogP contribution < -0.4 is 10.6 Å². The number of carbonyl (C=O) groups is 3. The molecule has 5 aliphatic heterocycles. The number of nitrogens with zero attached hydrogens (tertiary/aromatic N) is 3. The number of ether oxygens (including phenoxy) is 3. The lowest BCUT2D eigenvalue weighted by molar-refractivity contribution is -0.209. The van der Waals surface area contributed by atoms with E-state index < -0.39 is 35.9 Å². The molecule has 50 heavy (non-hydrogen) atoms. The number of fused-ring (bicyclic) bond motifs is 5. The first-order chi connectivity index (χ1) is 23.9. The van der Waals surface area contributed by atoms with Crippen LogP contribution in [0.2, 0.25) is 0 Å². The summed E-state index contributed by atoms with van der Waals surface area (Å²) in [5.41, 5.74) is -0.494. The maximum atomic E-state index is 16.4. The molecule has 8 aliphatic rings. The summed E-state index contributed by atoms with van der Waals surface area (Å²) in [5, 5.41) is 6.46. The van der Waals surface area contributed by atoms with E-state index >= 15 is 4.39 Å². The number of alkyl halides is 1. The highest BCUT2D eigenvalue weighted by molar-refractivity contribution is 6.20. The number of alkyl carbamates (subject to hydrolysis) is 1. The second-order valence-corrected chi connectivity index (χ2v) is 17.6. The summed E-state index contributed by atoms with van der Waals surface area (Å²) in [6.07, 6.45) is 9.32. The zero-order chi connectivity index (χ0) is 34.9. The van der Waals surface area contributed by atoms with Crippen molar-refractivity contribution in [3.63, 3.8) is 0 Å². The summed E-state index contributed by atoms with van der Waals surface area (Å²) in [6.45, 7) is 11.0. The molecule has 13 unspecified atom stereocenters. The fraction of sp³-hybridized carbons (Fsp3) is 0.868. The molecule has 0 bridgehead atoms. The highest BCUT2D eigenvalue weighted by Crippen LogP contribution is 2.52. The molecule has 0 aromatic heterocycles. The number of rotatable bonds is 6. The number of halogens is 1. The molecule has 12 heteroatoms. The first-order valence-electron chi connectivity index (χ1n) is 19.7. The van der Waals surface area contributed by atoms with Crippen molar-refractivity contribution in [1.29, 1.82) is 0 Å². The van der Waals surface area contributed by atoms with Crippen LogP contribution in [-0.4, -0.2) is 132 Å². The van der Waals surface area contributed by atoms with E-state index in [-0.39, 0.29) is 54.0 Å². The molecule has 0 radical (unpaired) electrons. The van der Waals surface area contributed by atoms with Crippen molar-refractivity contribution in [3.8, 4) is 0 Å². The fourth-order valence-electron chi connectivity index (χ4n) is 11.0. The fourth-order valence-corrected chi connectivity index (χ4v) is 11.0. The maximum absolute atomic E-state index is 16.4. The number of hydrogen-bond donors (Lipinski definition) is 2. The van der Waals surface area contributed by atoms with Gasteiger partial charge in [-0.05, 0) is 97.4 Å². The lowest BCUT2D eigenvalue weighted by Gasteiger charge is -2.60. The van der Waals surface area contributed by atoms with Gasteiger partial charge in [0.15, 0.2) is 5.78 Å². The Morgan fingerprint density at radius 2 is 1.80 bits per heavy atom. The van der Waals surface area contributed by atoms with Gasteiger partial charge in [0, 0.05) is 44.3 Å². The molecule has 13 atom stereocenters.